The zero-order valence-electron chi connectivity index (χ0n) is 6.55. The average Bonchev–Trinajstić information content (AvgIpc) is 2.13. The molecule has 1 N–H and O–H groups in total. The van der Waals surface area contributed by atoms with Crippen molar-refractivity contribution < 1.29 is 9.84 Å². The van der Waals surface area contributed by atoms with Crippen LogP contribution in [0, 0.1) is 0 Å². The highest BCUT2D eigenvalue weighted by atomic mass is 16.5. The molecule has 1 fully saturated rings. The first-order valence-corrected chi connectivity index (χ1v) is 3.57. The monoisotopic (exact) mass is 155 g/mol. The molecule has 0 saturated carbocycles. The number of nitrogens with zero attached hydrogens (tertiary/aromatic N) is 1. The number of rotatable bonds is 1. The van der Waals surface area contributed by atoms with E-state index in [2.05, 4.69) is 13.2 Å². The zero-order valence-corrected chi connectivity index (χ0v) is 6.55. The van der Waals surface area contributed by atoms with Crippen LogP contribution in [0.25, 0.3) is 0 Å². The van der Waals surface area contributed by atoms with Crippen molar-refractivity contribution in [3.63, 3.8) is 0 Å². The summed E-state index contributed by atoms with van der Waals surface area (Å²) in [6, 6.07) is 0. The van der Waals surface area contributed by atoms with Gasteiger partial charge < -0.3 is 14.7 Å². The van der Waals surface area contributed by atoms with Crippen molar-refractivity contribution in [3.8, 4) is 0 Å². The maximum Gasteiger partial charge on any atom is 0.179 e. The van der Waals surface area contributed by atoms with Crippen molar-refractivity contribution in [3.05, 3.63) is 24.6 Å². The minimum absolute atomic E-state index is 0.0941. The lowest BCUT2D eigenvalue weighted by molar-refractivity contribution is 0.142. The molecule has 11 heavy (non-hydrogen) atoms. The Hall–Kier alpha value is -0.960. The molecule has 0 atom stereocenters. The van der Waals surface area contributed by atoms with E-state index < -0.39 is 0 Å². The smallest absolute Gasteiger partial charge is 0.179 e. The number of hydrogen-bond donors (Lipinski definition) is 1. The molecular formula is C8H13NO2. The second-order valence-electron chi connectivity index (χ2n) is 2.64. The SMILES string of the molecule is C=C1COCCN(C(=C)O)C1. The van der Waals surface area contributed by atoms with Gasteiger partial charge >= 0.3 is 0 Å². The largest absolute Gasteiger partial charge is 0.495 e. The summed E-state index contributed by atoms with van der Waals surface area (Å²) in [6.07, 6.45) is 0. The molecule has 0 aliphatic carbocycles. The Labute approximate surface area is 66.6 Å². The molecule has 1 saturated heterocycles. The Morgan fingerprint density at radius 3 is 3.00 bits per heavy atom. The summed E-state index contributed by atoms with van der Waals surface area (Å²) < 4.78 is 5.19. The van der Waals surface area contributed by atoms with Gasteiger partial charge in [0.05, 0.1) is 13.2 Å². The molecule has 62 valence electrons. The molecule has 1 aliphatic heterocycles. The summed E-state index contributed by atoms with van der Waals surface area (Å²) in [5.41, 5.74) is 0.970. The predicted octanol–water partition coefficient (Wildman–Crippen LogP) is 0.904. The van der Waals surface area contributed by atoms with Crippen molar-refractivity contribution in [2.24, 2.45) is 0 Å². The summed E-state index contributed by atoms with van der Waals surface area (Å²) in [5.74, 6) is 0.0941. The Morgan fingerprint density at radius 2 is 2.36 bits per heavy atom. The van der Waals surface area contributed by atoms with Gasteiger partial charge in [-0.15, -0.1) is 0 Å². The normalized spacial score (nSPS) is 19.6. The van der Waals surface area contributed by atoms with E-state index in [-0.39, 0.29) is 5.88 Å². The first-order chi connectivity index (χ1) is 5.20. The molecular weight excluding hydrogens is 142 g/mol. The Kier molecular flexibility index (Phi) is 2.54. The van der Waals surface area contributed by atoms with Crippen LogP contribution in [0.3, 0.4) is 0 Å². The van der Waals surface area contributed by atoms with Gasteiger partial charge in [0.15, 0.2) is 5.88 Å². The van der Waals surface area contributed by atoms with Gasteiger partial charge in [0.25, 0.3) is 0 Å². The van der Waals surface area contributed by atoms with Gasteiger partial charge in [0.1, 0.15) is 0 Å². The van der Waals surface area contributed by atoms with Gasteiger partial charge in [-0.3, -0.25) is 0 Å². The molecule has 0 unspecified atom stereocenters. The molecule has 0 aromatic heterocycles. The summed E-state index contributed by atoms with van der Waals surface area (Å²) in [4.78, 5) is 1.75. The highest BCUT2D eigenvalue weighted by Gasteiger charge is 2.11. The lowest BCUT2D eigenvalue weighted by Crippen LogP contribution is -2.25. The summed E-state index contributed by atoms with van der Waals surface area (Å²) in [5, 5.41) is 9.05. The van der Waals surface area contributed by atoms with Crippen LogP contribution in [-0.4, -0.2) is 36.3 Å². The summed E-state index contributed by atoms with van der Waals surface area (Å²) >= 11 is 0. The van der Waals surface area contributed by atoms with Gasteiger partial charge in [-0.1, -0.05) is 6.58 Å². The van der Waals surface area contributed by atoms with E-state index in [0.29, 0.717) is 26.3 Å². The minimum Gasteiger partial charge on any atom is -0.495 e. The van der Waals surface area contributed by atoms with E-state index in [9.17, 15) is 0 Å². The Balaban J connectivity index is 2.52. The van der Waals surface area contributed by atoms with E-state index in [1.54, 1.807) is 4.90 Å². The highest BCUT2D eigenvalue weighted by molar-refractivity contribution is 5.02. The average molecular weight is 155 g/mol. The first kappa shape index (κ1) is 8.14. The van der Waals surface area contributed by atoms with Crippen LogP contribution < -0.4 is 0 Å². The molecule has 0 amide bonds. The second kappa shape index (κ2) is 3.44. The van der Waals surface area contributed by atoms with Crippen LogP contribution in [0.15, 0.2) is 24.6 Å². The lowest BCUT2D eigenvalue weighted by atomic mass is 10.3. The Morgan fingerprint density at radius 1 is 1.64 bits per heavy atom. The molecule has 1 aliphatic rings. The third-order valence-electron chi connectivity index (χ3n) is 1.59. The summed E-state index contributed by atoms with van der Waals surface area (Å²) in [6.45, 7) is 9.78. The fourth-order valence-electron chi connectivity index (χ4n) is 1.01. The fourth-order valence-corrected chi connectivity index (χ4v) is 1.01. The topological polar surface area (TPSA) is 32.7 Å². The lowest BCUT2D eigenvalue weighted by Gasteiger charge is -2.19. The van der Waals surface area contributed by atoms with Crippen LogP contribution >= 0.6 is 0 Å². The first-order valence-electron chi connectivity index (χ1n) is 3.57. The zero-order chi connectivity index (χ0) is 8.27. The van der Waals surface area contributed by atoms with E-state index in [4.69, 9.17) is 9.84 Å². The van der Waals surface area contributed by atoms with Crippen molar-refractivity contribution in [1.82, 2.24) is 4.90 Å². The third kappa shape index (κ3) is 2.27. The molecule has 0 spiro atoms. The van der Waals surface area contributed by atoms with Gasteiger partial charge in [-0.2, -0.15) is 0 Å². The molecule has 1 heterocycles. The molecule has 1 rings (SSSR count). The van der Waals surface area contributed by atoms with Crippen molar-refractivity contribution in [2.75, 3.05) is 26.3 Å². The number of ether oxygens (including phenoxy) is 1. The molecule has 3 heteroatoms. The molecule has 0 aromatic rings. The van der Waals surface area contributed by atoms with Crippen LogP contribution in [0.4, 0.5) is 0 Å². The molecule has 0 bridgehead atoms. The number of aliphatic hydroxyl groups is 1. The van der Waals surface area contributed by atoms with Crippen molar-refractivity contribution >= 4 is 0 Å². The number of hydrogen-bond acceptors (Lipinski definition) is 3. The van der Waals surface area contributed by atoms with Crippen LogP contribution in [0.1, 0.15) is 0 Å². The van der Waals surface area contributed by atoms with Crippen LogP contribution in [0.2, 0.25) is 0 Å². The quantitative estimate of drug-likeness (QED) is 0.451. The van der Waals surface area contributed by atoms with E-state index >= 15 is 0 Å². The number of aliphatic hydroxyl groups excluding tert-OH is 1. The van der Waals surface area contributed by atoms with Crippen LogP contribution in [0.5, 0.6) is 0 Å². The Bertz CT molecular complexity index is 177. The van der Waals surface area contributed by atoms with Gasteiger partial charge in [0.2, 0.25) is 0 Å². The van der Waals surface area contributed by atoms with E-state index in [1.807, 2.05) is 0 Å². The predicted molar refractivity (Wildman–Crippen MR) is 43.3 cm³/mol. The maximum absolute atomic E-state index is 9.05. The van der Waals surface area contributed by atoms with Gasteiger partial charge in [-0.05, 0) is 12.2 Å². The molecule has 0 aromatic carbocycles. The minimum atomic E-state index is 0.0941. The van der Waals surface area contributed by atoms with E-state index in [0.717, 1.165) is 5.57 Å². The maximum atomic E-state index is 9.05. The van der Waals surface area contributed by atoms with Crippen molar-refractivity contribution in [1.29, 1.82) is 0 Å². The molecule has 0 radical (unpaired) electrons. The van der Waals surface area contributed by atoms with E-state index in [1.165, 1.54) is 0 Å². The second-order valence-corrected chi connectivity index (χ2v) is 2.64. The van der Waals surface area contributed by atoms with Gasteiger partial charge in [-0.25, -0.2) is 0 Å². The fraction of sp³-hybridized carbons (Fsp3) is 0.500. The van der Waals surface area contributed by atoms with Crippen molar-refractivity contribution in [2.45, 2.75) is 0 Å². The standard InChI is InChI=1S/C8H13NO2/c1-7-5-9(8(2)10)3-4-11-6-7/h10H,1-6H2. The molecule has 3 nitrogen and oxygen atoms in total. The van der Waals surface area contributed by atoms with Crippen LogP contribution in [-0.2, 0) is 4.74 Å². The summed E-state index contributed by atoms with van der Waals surface area (Å²) in [7, 11) is 0. The highest BCUT2D eigenvalue weighted by Crippen LogP contribution is 2.06. The van der Waals surface area contributed by atoms with Gasteiger partial charge in [0, 0.05) is 13.1 Å². The third-order valence-corrected chi connectivity index (χ3v) is 1.59.